The highest BCUT2D eigenvalue weighted by Crippen LogP contribution is 2.28. The number of aliphatic hydroxyl groups excluding tert-OH is 1. The van der Waals surface area contributed by atoms with Crippen LogP contribution in [0.25, 0.3) is 0 Å². The first-order valence-electron chi connectivity index (χ1n) is 7.06. The first kappa shape index (κ1) is 18.9. The van der Waals surface area contributed by atoms with Crippen molar-refractivity contribution in [2.24, 2.45) is 0 Å². The van der Waals surface area contributed by atoms with E-state index in [9.17, 15) is 0 Å². The van der Waals surface area contributed by atoms with Crippen molar-refractivity contribution < 1.29 is 9.84 Å². The molecule has 2 N–H and O–H groups in total. The highest BCUT2D eigenvalue weighted by molar-refractivity contribution is 9.10. The molecule has 0 heterocycles. The van der Waals surface area contributed by atoms with Gasteiger partial charge in [-0.25, -0.2) is 0 Å². The molecule has 0 aliphatic rings. The van der Waals surface area contributed by atoms with Crippen LogP contribution in [-0.4, -0.2) is 57.0 Å². The molecule has 6 heteroatoms. The summed E-state index contributed by atoms with van der Waals surface area (Å²) in [4.78, 5) is 2.20. The third-order valence-corrected chi connectivity index (χ3v) is 4.27. The molecule has 0 radical (unpaired) electrons. The Bertz CT molecular complexity index is 421. The number of hydrogen-bond donors (Lipinski definition) is 2. The van der Waals surface area contributed by atoms with Crippen LogP contribution in [-0.2, 0) is 4.74 Å². The van der Waals surface area contributed by atoms with E-state index in [1.165, 1.54) is 0 Å². The lowest BCUT2D eigenvalue weighted by Crippen LogP contribution is -2.33. The molecule has 0 fully saturated rings. The standard InChI is InChI=1S/C15H24BrClN2O2/c1-18-15(13-4-3-12(16)11-14(13)17)5-6-19(7-9-20)8-10-21-2/h3-4,11,15,18,20H,5-10H2,1-2H3. The van der Waals surface area contributed by atoms with Crippen LogP contribution < -0.4 is 5.32 Å². The number of rotatable bonds is 10. The zero-order valence-corrected chi connectivity index (χ0v) is 15.0. The van der Waals surface area contributed by atoms with E-state index in [2.05, 4.69) is 26.1 Å². The van der Waals surface area contributed by atoms with Crippen LogP contribution in [0.2, 0.25) is 5.02 Å². The number of halogens is 2. The van der Waals surface area contributed by atoms with Gasteiger partial charge in [-0.1, -0.05) is 33.6 Å². The fourth-order valence-corrected chi connectivity index (χ4v) is 3.05. The highest BCUT2D eigenvalue weighted by atomic mass is 79.9. The van der Waals surface area contributed by atoms with Crippen LogP contribution in [0.5, 0.6) is 0 Å². The number of nitrogens with zero attached hydrogens (tertiary/aromatic N) is 1. The normalized spacial score (nSPS) is 12.9. The molecule has 0 aliphatic carbocycles. The second-order valence-electron chi connectivity index (χ2n) is 4.85. The summed E-state index contributed by atoms with van der Waals surface area (Å²) in [5, 5.41) is 13.2. The zero-order valence-electron chi connectivity index (χ0n) is 12.6. The average molecular weight is 380 g/mol. The van der Waals surface area contributed by atoms with Gasteiger partial charge in [-0.2, -0.15) is 0 Å². The molecule has 0 aromatic heterocycles. The summed E-state index contributed by atoms with van der Waals surface area (Å²) >= 11 is 9.74. The van der Waals surface area contributed by atoms with Gasteiger partial charge in [-0.15, -0.1) is 0 Å². The number of aliphatic hydroxyl groups is 1. The molecule has 0 saturated heterocycles. The minimum atomic E-state index is 0.160. The van der Waals surface area contributed by atoms with Crippen molar-refractivity contribution in [3.8, 4) is 0 Å². The summed E-state index contributed by atoms with van der Waals surface area (Å²) in [7, 11) is 3.63. The van der Waals surface area contributed by atoms with Gasteiger partial charge in [0.05, 0.1) is 13.2 Å². The topological polar surface area (TPSA) is 44.7 Å². The molecule has 1 rings (SSSR count). The number of ether oxygens (including phenoxy) is 1. The highest BCUT2D eigenvalue weighted by Gasteiger charge is 2.15. The van der Waals surface area contributed by atoms with Gasteiger partial charge in [-0.05, 0) is 31.2 Å². The SMILES string of the molecule is CNC(CCN(CCO)CCOC)c1ccc(Br)cc1Cl. The van der Waals surface area contributed by atoms with E-state index in [4.69, 9.17) is 21.4 Å². The smallest absolute Gasteiger partial charge is 0.0589 e. The first-order valence-corrected chi connectivity index (χ1v) is 8.23. The van der Waals surface area contributed by atoms with Gasteiger partial charge in [-0.3, -0.25) is 4.90 Å². The van der Waals surface area contributed by atoms with Crippen LogP contribution >= 0.6 is 27.5 Å². The molecule has 0 saturated carbocycles. The summed E-state index contributed by atoms with van der Waals surface area (Å²) in [6.45, 7) is 3.19. The predicted molar refractivity (Wildman–Crippen MR) is 91.0 cm³/mol. The molecule has 1 aromatic rings. The summed E-state index contributed by atoms with van der Waals surface area (Å²) in [6, 6.07) is 6.15. The first-order chi connectivity index (χ1) is 10.1. The Kier molecular flexibility index (Phi) is 9.47. The molecule has 0 aliphatic heterocycles. The molecule has 0 amide bonds. The molecule has 1 aromatic carbocycles. The van der Waals surface area contributed by atoms with Crippen LogP contribution in [0.1, 0.15) is 18.0 Å². The van der Waals surface area contributed by atoms with Gasteiger partial charge in [0, 0.05) is 42.3 Å². The number of benzene rings is 1. The van der Waals surface area contributed by atoms with Gasteiger partial charge < -0.3 is 15.2 Å². The number of nitrogens with one attached hydrogen (secondary N) is 1. The van der Waals surface area contributed by atoms with Crippen molar-refractivity contribution in [3.05, 3.63) is 33.3 Å². The molecule has 0 bridgehead atoms. The minimum absolute atomic E-state index is 0.160. The maximum atomic E-state index is 9.13. The van der Waals surface area contributed by atoms with Crippen LogP contribution in [0.3, 0.4) is 0 Å². The Morgan fingerprint density at radius 3 is 2.71 bits per heavy atom. The van der Waals surface area contributed by atoms with Gasteiger partial charge in [0.15, 0.2) is 0 Å². The van der Waals surface area contributed by atoms with Crippen molar-refractivity contribution in [1.82, 2.24) is 10.2 Å². The Morgan fingerprint density at radius 1 is 1.38 bits per heavy atom. The fraction of sp³-hybridized carbons (Fsp3) is 0.600. The third kappa shape index (κ3) is 6.63. The largest absolute Gasteiger partial charge is 0.395 e. The van der Waals surface area contributed by atoms with E-state index in [1.54, 1.807) is 7.11 Å². The summed E-state index contributed by atoms with van der Waals surface area (Å²) in [5.41, 5.74) is 1.10. The van der Waals surface area contributed by atoms with Crippen molar-refractivity contribution >= 4 is 27.5 Å². The van der Waals surface area contributed by atoms with Gasteiger partial charge in [0.25, 0.3) is 0 Å². The second-order valence-corrected chi connectivity index (χ2v) is 6.18. The molecule has 0 spiro atoms. The molecule has 1 atom stereocenters. The third-order valence-electron chi connectivity index (χ3n) is 3.45. The summed E-state index contributed by atoms with van der Waals surface area (Å²) in [6.07, 6.45) is 0.918. The fourth-order valence-electron chi connectivity index (χ4n) is 2.25. The van der Waals surface area contributed by atoms with E-state index in [-0.39, 0.29) is 12.6 Å². The monoisotopic (exact) mass is 378 g/mol. The number of hydrogen-bond acceptors (Lipinski definition) is 4. The van der Waals surface area contributed by atoms with E-state index in [0.29, 0.717) is 13.2 Å². The van der Waals surface area contributed by atoms with E-state index < -0.39 is 0 Å². The van der Waals surface area contributed by atoms with Crippen molar-refractivity contribution in [3.63, 3.8) is 0 Å². The Labute approximate surface area is 140 Å². The maximum absolute atomic E-state index is 9.13. The Balaban J connectivity index is 2.63. The predicted octanol–water partition coefficient (Wildman–Crippen LogP) is 2.69. The molecule has 21 heavy (non-hydrogen) atoms. The molecule has 1 unspecified atom stereocenters. The molecule has 4 nitrogen and oxygen atoms in total. The maximum Gasteiger partial charge on any atom is 0.0589 e. The van der Waals surface area contributed by atoms with Crippen LogP contribution in [0, 0.1) is 0 Å². The Morgan fingerprint density at radius 2 is 2.14 bits per heavy atom. The van der Waals surface area contributed by atoms with E-state index >= 15 is 0 Å². The lowest BCUT2D eigenvalue weighted by Gasteiger charge is -2.25. The van der Waals surface area contributed by atoms with Gasteiger partial charge in [0.2, 0.25) is 0 Å². The minimum Gasteiger partial charge on any atom is -0.395 e. The molecule has 120 valence electrons. The summed E-state index contributed by atoms with van der Waals surface area (Å²) < 4.78 is 6.08. The van der Waals surface area contributed by atoms with Crippen molar-refractivity contribution in [2.45, 2.75) is 12.5 Å². The Hall–Kier alpha value is -0.170. The van der Waals surface area contributed by atoms with E-state index in [0.717, 1.165) is 34.6 Å². The lowest BCUT2D eigenvalue weighted by atomic mass is 10.0. The lowest BCUT2D eigenvalue weighted by molar-refractivity contribution is 0.128. The van der Waals surface area contributed by atoms with Gasteiger partial charge in [0.1, 0.15) is 0 Å². The van der Waals surface area contributed by atoms with E-state index in [1.807, 2.05) is 25.2 Å². The quantitative estimate of drug-likeness (QED) is 0.656. The summed E-state index contributed by atoms with van der Waals surface area (Å²) in [5.74, 6) is 0. The second kappa shape index (κ2) is 10.5. The zero-order chi connectivity index (χ0) is 15.7. The van der Waals surface area contributed by atoms with Crippen molar-refractivity contribution in [1.29, 1.82) is 0 Å². The average Bonchev–Trinajstić information content (AvgIpc) is 2.46. The van der Waals surface area contributed by atoms with Crippen LogP contribution in [0.15, 0.2) is 22.7 Å². The van der Waals surface area contributed by atoms with Gasteiger partial charge >= 0.3 is 0 Å². The van der Waals surface area contributed by atoms with Crippen LogP contribution in [0.4, 0.5) is 0 Å². The molecular formula is C15H24BrClN2O2. The number of methoxy groups -OCH3 is 1. The molecular weight excluding hydrogens is 356 g/mol. The van der Waals surface area contributed by atoms with Crippen molar-refractivity contribution in [2.75, 3.05) is 47.0 Å².